The molecular formula is C27H19FN4OS. The predicted molar refractivity (Wildman–Crippen MR) is 134 cm³/mol. The second-order valence-corrected chi connectivity index (χ2v) is 8.65. The summed E-state index contributed by atoms with van der Waals surface area (Å²) in [6, 6.07) is 25.0. The summed E-state index contributed by atoms with van der Waals surface area (Å²) in [5.41, 5.74) is 3.55. The number of hydrogen-bond donors (Lipinski definition) is 2. The summed E-state index contributed by atoms with van der Waals surface area (Å²) in [4.78, 5) is 18.8. The maximum Gasteiger partial charge on any atom is 0.255 e. The average molecular weight is 467 g/mol. The Labute approximate surface area is 199 Å². The van der Waals surface area contributed by atoms with Crippen molar-refractivity contribution in [2.45, 2.75) is 9.79 Å². The Morgan fingerprint density at radius 2 is 1.79 bits per heavy atom. The zero-order chi connectivity index (χ0) is 23.3. The molecule has 3 aromatic carbocycles. The van der Waals surface area contributed by atoms with Gasteiger partial charge >= 0.3 is 0 Å². The number of nitrogens with zero attached hydrogens (tertiary/aromatic N) is 2. The molecule has 2 heterocycles. The van der Waals surface area contributed by atoms with E-state index in [-0.39, 0.29) is 5.91 Å². The lowest BCUT2D eigenvalue weighted by Crippen LogP contribution is -2.11. The van der Waals surface area contributed by atoms with Crippen LogP contribution in [0.1, 0.15) is 21.7 Å². The molecule has 5 aromatic rings. The lowest BCUT2D eigenvalue weighted by molar-refractivity contribution is 0.102. The molecule has 34 heavy (non-hydrogen) atoms. The number of carbonyl (C=O) groups excluding carboxylic acids is 1. The lowest BCUT2D eigenvalue weighted by atomic mass is 10.2. The third-order valence-corrected chi connectivity index (χ3v) is 6.06. The number of rotatable bonds is 6. The van der Waals surface area contributed by atoms with Crippen molar-refractivity contribution in [1.82, 2.24) is 15.2 Å². The number of anilines is 1. The van der Waals surface area contributed by atoms with Crippen LogP contribution in [0.4, 0.5) is 10.1 Å². The van der Waals surface area contributed by atoms with Gasteiger partial charge in [0.2, 0.25) is 0 Å². The Morgan fingerprint density at radius 1 is 0.912 bits per heavy atom. The number of pyridine rings is 1. The van der Waals surface area contributed by atoms with Crippen LogP contribution in [0.3, 0.4) is 0 Å². The molecule has 0 saturated heterocycles. The number of nitrogens with one attached hydrogen (secondary N) is 2. The van der Waals surface area contributed by atoms with Crippen LogP contribution in [0.25, 0.3) is 23.1 Å². The van der Waals surface area contributed by atoms with Crippen LogP contribution in [-0.4, -0.2) is 21.1 Å². The van der Waals surface area contributed by atoms with Gasteiger partial charge in [-0.2, -0.15) is 5.10 Å². The smallest absolute Gasteiger partial charge is 0.255 e. The van der Waals surface area contributed by atoms with Crippen molar-refractivity contribution in [3.05, 3.63) is 114 Å². The molecule has 2 N–H and O–H groups in total. The Hall–Kier alpha value is -4.23. The molecule has 166 valence electrons. The second-order valence-electron chi connectivity index (χ2n) is 7.50. The Kier molecular flexibility index (Phi) is 6.18. The Morgan fingerprint density at radius 3 is 2.65 bits per heavy atom. The van der Waals surface area contributed by atoms with E-state index < -0.39 is 5.82 Å². The number of carbonyl (C=O) groups is 1. The summed E-state index contributed by atoms with van der Waals surface area (Å²) < 4.78 is 13.4. The molecule has 0 bridgehead atoms. The van der Waals surface area contributed by atoms with Crippen molar-refractivity contribution in [3.8, 4) is 0 Å². The van der Waals surface area contributed by atoms with Crippen molar-refractivity contribution < 1.29 is 9.18 Å². The molecule has 0 aliphatic rings. The van der Waals surface area contributed by atoms with Crippen molar-refractivity contribution in [2.24, 2.45) is 0 Å². The van der Waals surface area contributed by atoms with Gasteiger partial charge in [0.05, 0.1) is 16.9 Å². The number of H-pyrrole nitrogens is 1. The highest BCUT2D eigenvalue weighted by Gasteiger charge is 2.09. The number of benzene rings is 3. The van der Waals surface area contributed by atoms with E-state index in [4.69, 9.17) is 0 Å². The van der Waals surface area contributed by atoms with Crippen LogP contribution in [0.15, 0.2) is 101 Å². The molecule has 0 fully saturated rings. The summed E-state index contributed by atoms with van der Waals surface area (Å²) in [5, 5.41) is 11.2. The number of amides is 1. The van der Waals surface area contributed by atoms with Gasteiger partial charge in [-0.1, -0.05) is 30.0 Å². The number of halogens is 1. The van der Waals surface area contributed by atoms with E-state index >= 15 is 0 Å². The quantitative estimate of drug-likeness (QED) is 0.293. The molecule has 5 nitrogen and oxygen atoms in total. The van der Waals surface area contributed by atoms with Crippen LogP contribution in [-0.2, 0) is 0 Å². The van der Waals surface area contributed by atoms with Crippen molar-refractivity contribution in [3.63, 3.8) is 0 Å². The van der Waals surface area contributed by atoms with Gasteiger partial charge in [0.1, 0.15) is 5.82 Å². The minimum absolute atomic E-state index is 0.290. The number of aromatic nitrogens is 3. The lowest BCUT2D eigenvalue weighted by Gasteiger charge is -2.07. The number of hydrogen-bond acceptors (Lipinski definition) is 4. The van der Waals surface area contributed by atoms with E-state index in [0.29, 0.717) is 11.3 Å². The monoisotopic (exact) mass is 466 g/mol. The molecule has 2 aromatic heterocycles. The number of fused-ring (bicyclic) bond motifs is 1. The van der Waals surface area contributed by atoms with Crippen LogP contribution in [0.2, 0.25) is 0 Å². The maximum absolute atomic E-state index is 13.4. The van der Waals surface area contributed by atoms with Crippen molar-refractivity contribution in [1.29, 1.82) is 0 Å². The summed E-state index contributed by atoms with van der Waals surface area (Å²) in [7, 11) is 0. The maximum atomic E-state index is 13.4. The molecule has 0 radical (unpaired) electrons. The van der Waals surface area contributed by atoms with Gasteiger partial charge in [-0.25, -0.2) is 4.39 Å². The van der Waals surface area contributed by atoms with Crippen molar-refractivity contribution >= 4 is 46.4 Å². The highest BCUT2D eigenvalue weighted by molar-refractivity contribution is 7.99. The fraction of sp³-hybridized carbons (Fsp3) is 0. The Balaban J connectivity index is 1.31. The van der Waals surface area contributed by atoms with Gasteiger partial charge < -0.3 is 5.32 Å². The second kappa shape index (κ2) is 9.72. The van der Waals surface area contributed by atoms with E-state index in [1.54, 1.807) is 36.2 Å². The zero-order valence-corrected chi connectivity index (χ0v) is 18.7. The molecule has 0 spiro atoms. The normalized spacial score (nSPS) is 11.2. The summed E-state index contributed by atoms with van der Waals surface area (Å²) in [5.74, 6) is -0.687. The van der Waals surface area contributed by atoms with E-state index in [1.807, 2.05) is 66.7 Å². The topological polar surface area (TPSA) is 70.7 Å². The van der Waals surface area contributed by atoms with Gasteiger partial charge in [0.25, 0.3) is 5.91 Å². The fourth-order valence-corrected chi connectivity index (χ4v) is 4.37. The minimum atomic E-state index is -0.397. The first kappa shape index (κ1) is 21.6. The third-order valence-electron chi connectivity index (χ3n) is 5.08. The van der Waals surface area contributed by atoms with E-state index in [1.165, 1.54) is 12.1 Å². The average Bonchev–Trinajstić information content (AvgIpc) is 3.26. The van der Waals surface area contributed by atoms with Crippen molar-refractivity contribution in [2.75, 3.05) is 5.32 Å². The first-order chi connectivity index (χ1) is 16.6. The molecule has 0 aliphatic heterocycles. The predicted octanol–water partition coefficient (Wildman–Crippen LogP) is 6.67. The highest BCUT2D eigenvalue weighted by Crippen LogP contribution is 2.31. The van der Waals surface area contributed by atoms with Crippen LogP contribution in [0, 0.1) is 5.82 Å². The summed E-state index contributed by atoms with van der Waals surface area (Å²) in [6.45, 7) is 0. The minimum Gasteiger partial charge on any atom is -0.322 e. The standard InChI is InChI=1S/C27H19FN4OS/c28-19-6-4-8-21(16-19)30-27(33)18-5-3-9-22(15-18)34-23-11-12-24-25(31-32-26(24)17-23)13-10-20-7-1-2-14-29-20/h1-17H,(H,30,33)(H,31,32)/b13-10+. The van der Waals surface area contributed by atoms with E-state index in [9.17, 15) is 9.18 Å². The summed E-state index contributed by atoms with van der Waals surface area (Å²) >= 11 is 1.55. The van der Waals surface area contributed by atoms with Gasteiger partial charge in [0, 0.05) is 32.6 Å². The van der Waals surface area contributed by atoms with E-state index in [0.717, 1.165) is 32.1 Å². The molecule has 0 aliphatic carbocycles. The summed E-state index contributed by atoms with van der Waals surface area (Å²) in [6.07, 6.45) is 5.62. The fourth-order valence-electron chi connectivity index (χ4n) is 3.46. The first-order valence-corrected chi connectivity index (χ1v) is 11.4. The van der Waals surface area contributed by atoms with Gasteiger partial charge in [-0.05, 0) is 78.9 Å². The zero-order valence-electron chi connectivity index (χ0n) is 17.9. The SMILES string of the molecule is O=C(Nc1cccc(F)c1)c1cccc(Sc2ccc3c(/C=C/c4ccccn4)n[nH]c3c2)c1. The third kappa shape index (κ3) is 5.05. The van der Waals surface area contributed by atoms with Crippen LogP contribution >= 0.6 is 11.8 Å². The molecule has 0 saturated carbocycles. The van der Waals surface area contributed by atoms with Crippen LogP contribution in [0.5, 0.6) is 0 Å². The molecule has 7 heteroatoms. The van der Waals surface area contributed by atoms with Gasteiger partial charge in [0.15, 0.2) is 0 Å². The number of aromatic amines is 1. The molecule has 0 atom stereocenters. The van der Waals surface area contributed by atoms with Crippen LogP contribution < -0.4 is 5.32 Å². The van der Waals surface area contributed by atoms with E-state index in [2.05, 4.69) is 20.5 Å². The van der Waals surface area contributed by atoms with Gasteiger partial charge in [-0.15, -0.1) is 0 Å². The van der Waals surface area contributed by atoms with Gasteiger partial charge in [-0.3, -0.25) is 14.9 Å². The molecule has 0 unspecified atom stereocenters. The largest absolute Gasteiger partial charge is 0.322 e. The molecule has 1 amide bonds. The highest BCUT2D eigenvalue weighted by atomic mass is 32.2. The molecule has 5 rings (SSSR count). The molecular weight excluding hydrogens is 447 g/mol. The first-order valence-electron chi connectivity index (χ1n) is 10.6. The Bertz CT molecular complexity index is 1500.